The molecule has 1 heterocycles. The minimum Gasteiger partial charge on any atom is -0.493 e. The molecule has 0 aromatic heterocycles. The Labute approximate surface area is 175 Å². The number of carbonyl (C=O) groups is 2. The zero-order valence-electron chi connectivity index (χ0n) is 17.3. The molecule has 0 spiro atoms. The molecule has 1 aliphatic rings. The van der Waals surface area contributed by atoms with Crippen LogP contribution in [0.25, 0.3) is 0 Å². The molecule has 0 radical (unpaired) electrons. The number of hydrogen-bond donors (Lipinski definition) is 1. The van der Waals surface area contributed by atoms with Crippen molar-refractivity contribution in [1.82, 2.24) is 5.43 Å². The summed E-state index contributed by atoms with van der Waals surface area (Å²) in [5.74, 6) is 1.50. The highest BCUT2D eigenvalue weighted by Gasteiger charge is 2.26. The first kappa shape index (κ1) is 21.2. The number of benzene rings is 2. The average Bonchev–Trinajstić information content (AvgIpc) is 2.74. The molecule has 1 N–H and O–H groups in total. The van der Waals surface area contributed by atoms with E-state index < -0.39 is 5.91 Å². The van der Waals surface area contributed by atoms with Gasteiger partial charge >= 0.3 is 0 Å². The molecule has 3 rings (SSSR count). The molecule has 2 amide bonds. The standard InChI is InChI=1S/C22H25N3O5/c1-15(2)13-29-19-9-8-16(10-20(19)28-3)11-23-24-21(26)12-25-17-6-4-5-7-18(17)30-14-22(25)27/h4-11,15H,12-14H2,1-3H3,(H,24,26)/b23-11-. The van der Waals surface area contributed by atoms with E-state index in [0.29, 0.717) is 35.5 Å². The number of rotatable bonds is 8. The van der Waals surface area contributed by atoms with Crippen molar-refractivity contribution in [3.05, 3.63) is 48.0 Å². The quantitative estimate of drug-likeness (QED) is 0.533. The number of fused-ring (bicyclic) bond motifs is 1. The number of carbonyl (C=O) groups excluding carboxylic acids is 2. The van der Waals surface area contributed by atoms with Gasteiger partial charge in [0.1, 0.15) is 12.3 Å². The second-order valence-corrected chi connectivity index (χ2v) is 7.14. The molecular formula is C22H25N3O5. The minimum absolute atomic E-state index is 0.0986. The number of hydrazone groups is 1. The van der Waals surface area contributed by atoms with Gasteiger partial charge < -0.3 is 14.2 Å². The molecular weight excluding hydrogens is 386 g/mol. The Balaban J connectivity index is 1.60. The van der Waals surface area contributed by atoms with E-state index >= 15 is 0 Å². The van der Waals surface area contributed by atoms with Crippen LogP contribution in [-0.4, -0.2) is 44.9 Å². The van der Waals surface area contributed by atoms with Crippen molar-refractivity contribution in [2.75, 3.05) is 31.8 Å². The highest BCUT2D eigenvalue weighted by molar-refractivity contribution is 6.02. The van der Waals surface area contributed by atoms with Crippen LogP contribution >= 0.6 is 0 Å². The summed E-state index contributed by atoms with van der Waals surface area (Å²) in [5.41, 5.74) is 3.74. The molecule has 1 aliphatic heterocycles. The molecule has 30 heavy (non-hydrogen) atoms. The lowest BCUT2D eigenvalue weighted by atomic mass is 10.2. The second kappa shape index (κ2) is 9.78. The molecule has 2 aromatic carbocycles. The van der Waals surface area contributed by atoms with Crippen molar-refractivity contribution in [2.45, 2.75) is 13.8 Å². The number of para-hydroxylation sites is 2. The predicted octanol–water partition coefficient (Wildman–Crippen LogP) is 2.61. The third-order valence-corrected chi connectivity index (χ3v) is 4.27. The van der Waals surface area contributed by atoms with Crippen LogP contribution in [0.15, 0.2) is 47.6 Å². The molecule has 0 unspecified atom stereocenters. The zero-order valence-corrected chi connectivity index (χ0v) is 17.3. The predicted molar refractivity (Wildman–Crippen MR) is 113 cm³/mol. The fourth-order valence-electron chi connectivity index (χ4n) is 2.83. The van der Waals surface area contributed by atoms with Gasteiger partial charge in [0, 0.05) is 0 Å². The van der Waals surface area contributed by atoms with Crippen LogP contribution in [-0.2, 0) is 9.59 Å². The Morgan fingerprint density at radius 2 is 2.07 bits per heavy atom. The lowest BCUT2D eigenvalue weighted by molar-refractivity contribution is -0.125. The summed E-state index contributed by atoms with van der Waals surface area (Å²) in [7, 11) is 1.57. The highest BCUT2D eigenvalue weighted by Crippen LogP contribution is 2.31. The molecule has 0 atom stereocenters. The van der Waals surface area contributed by atoms with E-state index in [1.54, 1.807) is 37.4 Å². The second-order valence-electron chi connectivity index (χ2n) is 7.14. The van der Waals surface area contributed by atoms with E-state index in [0.717, 1.165) is 5.56 Å². The Hall–Kier alpha value is -3.55. The normalized spacial score (nSPS) is 13.2. The molecule has 8 nitrogen and oxygen atoms in total. The number of methoxy groups -OCH3 is 1. The van der Waals surface area contributed by atoms with Gasteiger partial charge in [0.25, 0.3) is 11.8 Å². The fraction of sp³-hybridized carbons (Fsp3) is 0.318. The highest BCUT2D eigenvalue weighted by atomic mass is 16.5. The van der Waals surface area contributed by atoms with Crippen LogP contribution in [0.4, 0.5) is 5.69 Å². The molecule has 0 fully saturated rings. The number of amides is 2. The minimum atomic E-state index is -0.417. The first-order valence-electron chi connectivity index (χ1n) is 9.63. The first-order valence-corrected chi connectivity index (χ1v) is 9.63. The largest absolute Gasteiger partial charge is 0.493 e. The Kier molecular flexibility index (Phi) is 6.90. The van der Waals surface area contributed by atoms with Crippen LogP contribution in [0.1, 0.15) is 19.4 Å². The van der Waals surface area contributed by atoms with Crippen LogP contribution in [0, 0.1) is 5.92 Å². The van der Waals surface area contributed by atoms with E-state index in [1.165, 1.54) is 11.1 Å². The van der Waals surface area contributed by atoms with Crippen molar-refractivity contribution < 1.29 is 23.8 Å². The van der Waals surface area contributed by atoms with E-state index in [9.17, 15) is 9.59 Å². The number of nitrogens with zero attached hydrogens (tertiary/aromatic N) is 2. The maximum atomic E-state index is 12.3. The van der Waals surface area contributed by atoms with Gasteiger partial charge in [0.15, 0.2) is 18.1 Å². The van der Waals surface area contributed by atoms with Crippen molar-refractivity contribution >= 4 is 23.7 Å². The van der Waals surface area contributed by atoms with Crippen LogP contribution in [0.5, 0.6) is 17.2 Å². The van der Waals surface area contributed by atoms with Crippen molar-refractivity contribution in [1.29, 1.82) is 0 Å². The zero-order chi connectivity index (χ0) is 21.5. The Morgan fingerprint density at radius 1 is 1.27 bits per heavy atom. The summed E-state index contributed by atoms with van der Waals surface area (Å²) in [5, 5.41) is 3.98. The number of hydrogen-bond acceptors (Lipinski definition) is 6. The third kappa shape index (κ3) is 5.28. The van der Waals surface area contributed by atoms with Crippen LogP contribution in [0.3, 0.4) is 0 Å². The Bertz CT molecular complexity index is 942. The van der Waals surface area contributed by atoms with Gasteiger partial charge in [-0.1, -0.05) is 26.0 Å². The number of ether oxygens (including phenoxy) is 3. The lowest BCUT2D eigenvalue weighted by Crippen LogP contribution is -2.44. The van der Waals surface area contributed by atoms with Gasteiger partial charge in [0.05, 0.1) is 25.6 Å². The average molecular weight is 411 g/mol. The van der Waals surface area contributed by atoms with Gasteiger partial charge in [-0.2, -0.15) is 5.10 Å². The number of nitrogens with one attached hydrogen (secondary N) is 1. The van der Waals surface area contributed by atoms with Gasteiger partial charge in [-0.25, -0.2) is 5.43 Å². The fourth-order valence-corrected chi connectivity index (χ4v) is 2.83. The summed E-state index contributed by atoms with van der Waals surface area (Å²) >= 11 is 0. The Morgan fingerprint density at radius 3 is 2.83 bits per heavy atom. The molecule has 0 saturated carbocycles. The summed E-state index contributed by atoms with van der Waals surface area (Å²) in [6.45, 7) is 4.47. The van der Waals surface area contributed by atoms with Gasteiger partial charge in [-0.3, -0.25) is 14.5 Å². The summed E-state index contributed by atoms with van der Waals surface area (Å²) < 4.78 is 16.5. The van der Waals surface area contributed by atoms with Gasteiger partial charge in [-0.05, 0) is 41.8 Å². The maximum Gasteiger partial charge on any atom is 0.265 e. The summed E-state index contributed by atoms with van der Waals surface area (Å²) in [4.78, 5) is 25.8. The maximum absolute atomic E-state index is 12.3. The molecule has 158 valence electrons. The van der Waals surface area contributed by atoms with Gasteiger partial charge in [0.2, 0.25) is 0 Å². The third-order valence-electron chi connectivity index (χ3n) is 4.27. The topological polar surface area (TPSA) is 89.5 Å². The van der Waals surface area contributed by atoms with E-state index in [-0.39, 0.29) is 19.1 Å². The summed E-state index contributed by atoms with van der Waals surface area (Å²) in [6, 6.07) is 12.5. The monoisotopic (exact) mass is 411 g/mol. The first-order chi connectivity index (χ1) is 14.5. The lowest BCUT2D eigenvalue weighted by Gasteiger charge is -2.28. The van der Waals surface area contributed by atoms with Gasteiger partial charge in [-0.15, -0.1) is 0 Å². The van der Waals surface area contributed by atoms with Crippen LogP contribution < -0.4 is 24.5 Å². The smallest absolute Gasteiger partial charge is 0.265 e. The van der Waals surface area contributed by atoms with Crippen molar-refractivity contribution in [3.8, 4) is 17.2 Å². The van der Waals surface area contributed by atoms with Crippen molar-refractivity contribution in [3.63, 3.8) is 0 Å². The number of anilines is 1. The van der Waals surface area contributed by atoms with E-state index in [2.05, 4.69) is 24.4 Å². The van der Waals surface area contributed by atoms with E-state index in [4.69, 9.17) is 14.2 Å². The molecule has 2 aromatic rings. The van der Waals surface area contributed by atoms with Crippen LogP contribution in [0.2, 0.25) is 0 Å². The molecule has 8 heteroatoms. The van der Waals surface area contributed by atoms with Crippen molar-refractivity contribution in [2.24, 2.45) is 11.0 Å². The molecule has 0 saturated heterocycles. The SMILES string of the molecule is COc1cc(/C=N\NC(=O)CN2C(=O)COc3ccccc32)ccc1OCC(C)C. The molecule has 0 bridgehead atoms. The summed E-state index contributed by atoms with van der Waals surface area (Å²) in [6.07, 6.45) is 1.50. The van der Waals surface area contributed by atoms with E-state index in [1.807, 2.05) is 12.1 Å². The molecule has 0 aliphatic carbocycles.